The fourth-order valence-corrected chi connectivity index (χ4v) is 4.41. The van der Waals surface area contributed by atoms with E-state index in [4.69, 9.17) is 5.73 Å². The number of hydrogen-bond acceptors (Lipinski definition) is 8. The molecule has 2 aromatic carbocycles. The Labute approximate surface area is 288 Å². The van der Waals surface area contributed by atoms with Crippen LogP contribution in [0.1, 0.15) is 49.8 Å². The molecule has 19 heteroatoms. The fraction of sp³-hybridized carbons (Fsp3) is 0.469. The maximum Gasteiger partial charge on any atom is 0.442 e. The van der Waals surface area contributed by atoms with Gasteiger partial charge in [-0.2, -0.15) is 26.3 Å². The van der Waals surface area contributed by atoms with E-state index in [1.807, 2.05) is 5.32 Å². The molecule has 51 heavy (non-hydrogen) atoms. The Bertz CT molecular complexity index is 1520. The van der Waals surface area contributed by atoms with Gasteiger partial charge in [0.05, 0.1) is 25.6 Å². The first kappa shape index (κ1) is 42.1. The van der Waals surface area contributed by atoms with Crippen molar-refractivity contribution in [2.75, 3.05) is 13.1 Å². The Morgan fingerprint density at radius 3 is 1.86 bits per heavy atom. The molecule has 7 N–H and O–H groups in total. The van der Waals surface area contributed by atoms with E-state index in [9.17, 15) is 55.4 Å². The second-order valence-corrected chi connectivity index (χ2v) is 11.4. The maximum absolute atomic E-state index is 13.2. The summed E-state index contributed by atoms with van der Waals surface area (Å²) in [7, 11) is 0. The molecule has 0 saturated carbocycles. The van der Waals surface area contributed by atoms with Crippen LogP contribution in [0.2, 0.25) is 0 Å². The molecule has 0 bridgehead atoms. The van der Waals surface area contributed by atoms with Crippen molar-refractivity contribution in [3.05, 3.63) is 71.3 Å². The summed E-state index contributed by atoms with van der Waals surface area (Å²) >= 11 is 0. The monoisotopic (exact) mass is 731 g/mol. The number of nitrogens with one attached hydrogen (secondary N) is 4. The van der Waals surface area contributed by atoms with Crippen LogP contribution in [0, 0.1) is 0 Å². The number of alkyl halides is 6. The van der Waals surface area contributed by atoms with Gasteiger partial charge in [0.2, 0.25) is 29.5 Å². The van der Waals surface area contributed by atoms with Crippen molar-refractivity contribution >= 4 is 29.5 Å². The Kier molecular flexibility index (Phi) is 15.5. The standard InChI is InChI=1S/C29H31F6N7O6.C3H8/c30-28(31,32)25(47)19(10-11-21(36)43)39-24(46)15-38-26(48)20(12-16-4-2-1-3-5-16)40-23(45)14-37-22(44)13-17-6-8-18(9-7-17)27(41-42-27)29(33,34)35;1-3-2/h1-9,19-20,25,47H,10-15H2,(H2,36,43)(H,37,44)(H,38,48)(H,39,46)(H,40,45);3H2,1-2H3/t19?,20-,25?;/m0./s1. The molecule has 0 radical (unpaired) electrons. The van der Waals surface area contributed by atoms with Crippen LogP contribution in [-0.4, -0.2) is 78.3 Å². The van der Waals surface area contributed by atoms with Crippen LogP contribution in [0.5, 0.6) is 0 Å². The van der Waals surface area contributed by atoms with Crippen molar-refractivity contribution in [2.45, 2.75) is 82.2 Å². The van der Waals surface area contributed by atoms with Gasteiger partial charge in [0.25, 0.3) is 0 Å². The third kappa shape index (κ3) is 13.6. The number of nitrogens with zero attached hydrogens (tertiary/aromatic N) is 2. The van der Waals surface area contributed by atoms with Crippen molar-refractivity contribution in [1.29, 1.82) is 0 Å². The SMILES string of the molecule is CCC.NC(=O)CCC(NC(=O)CNC(=O)[C@H](Cc1ccccc1)NC(=O)CNC(=O)Cc1ccc(C2(C(F)(F)F)N=N2)cc1)C(O)C(F)(F)F. The van der Waals surface area contributed by atoms with Gasteiger partial charge in [-0.25, -0.2) is 0 Å². The van der Waals surface area contributed by atoms with Crippen LogP contribution in [0.15, 0.2) is 64.8 Å². The molecule has 0 fully saturated rings. The summed E-state index contributed by atoms with van der Waals surface area (Å²) in [6.45, 7) is 2.78. The largest absolute Gasteiger partial charge is 0.442 e. The zero-order valence-corrected chi connectivity index (χ0v) is 27.6. The first-order chi connectivity index (χ1) is 23.8. The highest BCUT2D eigenvalue weighted by Gasteiger charge is 2.65. The van der Waals surface area contributed by atoms with E-state index in [0.29, 0.717) is 11.1 Å². The molecule has 0 aromatic heterocycles. The number of halogens is 6. The fourth-order valence-electron chi connectivity index (χ4n) is 4.41. The number of carbonyl (C=O) groups is 5. The molecule has 2 aromatic rings. The van der Waals surface area contributed by atoms with Crippen molar-refractivity contribution in [3.63, 3.8) is 0 Å². The number of aliphatic hydroxyl groups excluding tert-OH is 1. The van der Waals surface area contributed by atoms with Crippen LogP contribution in [0.4, 0.5) is 26.3 Å². The van der Waals surface area contributed by atoms with Gasteiger partial charge in [-0.1, -0.05) is 74.9 Å². The molecular formula is C32H39F6N7O6. The molecule has 0 spiro atoms. The molecule has 0 aliphatic carbocycles. The molecule has 0 saturated heterocycles. The number of amides is 5. The molecule has 280 valence electrons. The Balaban J connectivity index is 0.00000290. The predicted molar refractivity (Wildman–Crippen MR) is 169 cm³/mol. The smallest absolute Gasteiger partial charge is 0.382 e. The second-order valence-electron chi connectivity index (χ2n) is 11.4. The number of aliphatic hydroxyl groups is 1. The molecule has 1 aliphatic rings. The van der Waals surface area contributed by atoms with Gasteiger partial charge >= 0.3 is 18.0 Å². The lowest BCUT2D eigenvalue weighted by atomic mass is 10.0. The molecule has 3 rings (SSSR count). The zero-order chi connectivity index (χ0) is 38.4. The first-order valence-corrected chi connectivity index (χ1v) is 15.6. The molecule has 1 heterocycles. The third-order valence-corrected chi connectivity index (χ3v) is 6.98. The van der Waals surface area contributed by atoms with E-state index >= 15 is 0 Å². The van der Waals surface area contributed by atoms with Gasteiger partial charge in [-0.05, 0) is 17.5 Å². The van der Waals surface area contributed by atoms with Gasteiger partial charge in [-0.15, -0.1) is 10.2 Å². The van der Waals surface area contributed by atoms with Crippen LogP contribution >= 0.6 is 0 Å². The first-order valence-electron chi connectivity index (χ1n) is 15.6. The average Bonchev–Trinajstić information content (AvgIpc) is 3.87. The van der Waals surface area contributed by atoms with Crippen molar-refractivity contribution < 1.29 is 55.4 Å². The van der Waals surface area contributed by atoms with Crippen molar-refractivity contribution in [1.82, 2.24) is 21.3 Å². The van der Waals surface area contributed by atoms with Crippen molar-refractivity contribution in [2.24, 2.45) is 16.0 Å². The Hall–Kier alpha value is -5.07. The van der Waals surface area contributed by atoms with E-state index in [-0.39, 0.29) is 18.4 Å². The van der Waals surface area contributed by atoms with Gasteiger partial charge < -0.3 is 32.1 Å². The van der Waals surface area contributed by atoms with E-state index in [1.54, 1.807) is 30.3 Å². The minimum atomic E-state index is -5.13. The molecule has 1 aliphatic heterocycles. The molecule has 3 atom stereocenters. The summed E-state index contributed by atoms with van der Waals surface area (Å²) in [5, 5.41) is 24.6. The molecule has 5 amide bonds. The highest BCUT2D eigenvalue weighted by Crippen LogP contribution is 2.52. The molecule has 2 unspecified atom stereocenters. The number of rotatable bonds is 16. The Morgan fingerprint density at radius 2 is 1.35 bits per heavy atom. The van der Waals surface area contributed by atoms with Crippen LogP contribution in [0.3, 0.4) is 0 Å². The molecular weight excluding hydrogens is 692 g/mol. The second kappa shape index (κ2) is 18.8. The predicted octanol–water partition coefficient (Wildman–Crippen LogP) is 2.46. The average molecular weight is 732 g/mol. The minimum absolute atomic E-state index is 0.0909. The van der Waals surface area contributed by atoms with Gasteiger partial charge in [-0.3, -0.25) is 24.0 Å². The normalized spacial score (nSPS) is 14.8. The lowest BCUT2D eigenvalue weighted by Crippen LogP contribution is -2.54. The number of benzene rings is 2. The van der Waals surface area contributed by atoms with Crippen LogP contribution in [-0.2, 0) is 42.5 Å². The van der Waals surface area contributed by atoms with Gasteiger partial charge in [0.1, 0.15) is 6.04 Å². The quantitative estimate of drug-likeness (QED) is 0.143. The van der Waals surface area contributed by atoms with Crippen molar-refractivity contribution in [3.8, 4) is 0 Å². The summed E-state index contributed by atoms with van der Waals surface area (Å²) < 4.78 is 78.7. The van der Waals surface area contributed by atoms with E-state index in [1.165, 1.54) is 18.6 Å². The molecule has 13 nitrogen and oxygen atoms in total. The van der Waals surface area contributed by atoms with Crippen LogP contribution < -0.4 is 27.0 Å². The maximum atomic E-state index is 13.2. The summed E-state index contributed by atoms with van der Waals surface area (Å²) in [6, 6.07) is 9.85. The number of carbonyl (C=O) groups excluding carboxylic acids is 5. The topological polar surface area (TPSA) is 204 Å². The lowest BCUT2D eigenvalue weighted by Gasteiger charge is -2.26. The van der Waals surface area contributed by atoms with Gasteiger partial charge in [0.15, 0.2) is 6.10 Å². The Morgan fingerprint density at radius 1 is 0.804 bits per heavy atom. The van der Waals surface area contributed by atoms with Gasteiger partial charge in [0, 0.05) is 18.4 Å². The number of nitrogens with two attached hydrogens (primary N) is 1. The number of hydrogen-bond donors (Lipinski definition) is 6. The summed E-state index contributed by atoms with van der Waals surface area (Å²) in [5.74, 6) is -4.52. The summed E-state index contributed by atoms with van der Waals surface area (Å²) in [6.07, 6.45) is -13.2. The van der Waals surface area contributed by atoms with E-state index < -0.39 is 91.7 Å². The summed E-state index contributed by atoms with van der Waals surface area (Å²) in [4.78, 5) is 61.4. The zero-order valence-electron chi connectivity index (χ0n) is 27.6. The van der Waals surface area contributed by atoms with Crippen LogP contribution in [0.25, 0.3) is 0 Å². The third-order valence-electron chi connectivity index (χ3n) is 6.98. The van der Waals surface area contributed by atoms with E-state index in [2.05, 4.69) is 40.0 Å². The summed E-state index contributed by atoms with van der Waals surface area (Å²) in [5.41, 5.74) is 3.03. The lowest BCUT2D eigenvalue weighted by molar-refractivity contribution is -0.212. The highest BCUT2D eigenvalue weighted by molar-refractivity contribution is 5.92. The number of primary amides is 1. The minimum Gasteiger partial charge on any atom is -0.382 e. The van der Waals surface area contributed by atoms with E-state index in [0.717, 1.165) is 12.1 Å². The highest BCUT2D eigenvalue weighted by atomic mass is 19.4.